The van der Waals surface area contributed by atoms with Gasteiger partial charge in [0, 0.05) is 14.0 Å². The highest BCUT2D eigenvalue weighted by atomic mass is 16.9. The Morgan fingerprint density at radius 3 is 1.19 bits per heavy atom. The monoisotopic (exact) mass is 938 g/mol. The normalized spacial score (nSPS) is 27.7. The molecule has 3 saturated heterocycles. The fourth-order valence-electron chi connectivity index (χ4n) is 8.88. The smallest absolute Gasteiger partial charge is 0.282 e. The maximum Gasteiger partial charge on any atom is 0.282 e. The van der Waals surface area contributed by atoms with Crippen LogP contribution < -0.4 is 0 Å². The fraction of sp³-hybridized carbons (Fsp3) is 0.368. The van der Waals surface area contributed by atoms with E-state index >= 15 is 0 Å². The summed E-state index contributed by atoms with van der Waals surface area (Å²) in [4.78, 5) is 0. The van der Waals surface area contributed by atoms with E-state index in [1.165, 1.54) is 0 Å². The lowest BCUT2D eigenvalue weighted by atomic mass is 9.97. The number of rotatable bonds is 23. The number of hydrogen-bond acceptors (Lipinski definition) is 12. The Hall–Kier alpha value is -5.16. The van der Waals surface area contributed by atoms with Gasteiger partial charge in [-0.2, -0.15) is 0 Å². The van der Waals surface area contributed by atoms with Gasteiger partial charge in [0.1, 0.15) is 48.8 Å². The number of benzene rings is 6. The molecule has 0 aliphatic carbocycles. The molecule has 6 aromatic rings. The highest BCUT2D eigenvalue weighted by Gasteiger charge is 2.59. The van der Waals surface area contributed by atoms with Gasteiger partial charge in [0.25, 0.3) is 5.97 Å². The van der Waals surface area contributed by atoms with E-state index in [9.17, 15) is 0 Å². The predicted molar refractivity (Wildman–Crippen MR) is 256 cm³/mol. The minimum absolute atomic E-state index is 0.0427. The first-order chi connectivity index (χ1) is 34.0. The molecule has 9 rings (SSSR count). The van der Waals surface area contributed by atoms with E-state index in [1.807, 2.05) is 182 Å². The second-order valence-electron chi connectivity index (χ2n) is 17.5. The van der Waals surface area contributed by atoms with Gasteiger partial charge < -0.3 is 52.1 Å². The molecule has 3 aliphatic rings. The summed E-state index contributed by atoms with van der Waals surface area (Å²) in [6, 6.07) is 60.0. The molecule has 69 heavy (non-hydrogen) atoms. The Morgan fingerprint density at radius 2 is 0.754 bits per heavy atom. The van der Waals surface area contributed by atoms with Crippen LogP contribution in [0.3, 0.4) is 0 Å². The second-order valence-corrected chi connectivity index (χ2v) is 17.5. The van der Waals surface area contributed by atoms with Crippen molar-refractivity contribution in [2.24, 2.45) is 0 Å². The third-order valence-electron chi connectivity index (χ3n) is 12.4. The van der Waals surface area contributed by atoms with E-state index in [2.05, 4.69) is 0 Å². The molecule has 3 aliphatic heterocycles. The van der Waals surface area contributed by atoms with Crippen molar-refractivity contribution in [3.05, 3.63) is 215 Å². The van der Waals surface area contributed by atoms with E-state index in [1.54, 1.807) is 14.0 Å². The number of hydrogen-bond donors (Lipinski definition) is 0. The summed E-state index contributed by atoms with van der Waals surface area (Å²) in [5, 5.41) is 0. The first kappa shape index (κ1) is 48.8. The lowest BCUT2D eigenvalue weighted by molar-refractivity contribution is -0.370. The van der Waals surface area contributed by atoms with Gasteiger partial charge >= 0.3 is 0 Å². The van der Waals surface area contributed by atoms with Crippen LogP contribution in [-0.2, 0) is 96.5 Å². The van der Waals surface area contributed by atoms with Crippen molar-refractivity contribution < 1.29 is 56.8 Å². The molecule has 362 valence electrons. The van der Waals surface area contributed by atoms with E-state index in [0.717, 1.165) is 33.4 Å². The zero-order valence-electron chi connectivity index (χ0n) is 39.1. The Kier molecular flexibility index (Phi) is 17.4. The van der Waals surface area contributed by atoms with E-state index in [0.29, 0.717) is 33.0 Å². The predicted octanol–water partition coefficient (Wildman–Crippen LogP) is 9.33. The standard InChI is InChI=1S/C57H62O12/c1-57(65-40-48-50(61-35-43-25-13-5-14-26-43)51(62-36-44-27-15-6-16-28-44)53(55(58-2)66-48)64-38-46-31-19-8-20-32-46)68-54-52(63-37-45-29-17-7-18-30-45)49(60-34-42-23-11-4-12-24-42)47(67-56(54)69-57)39-59-33-41-21-9-3-10-22-41/h3-32,47-56H,33-40H2,1-2H3/t47-,48-,49-,50-,51+,52+,53+,54+,55+,56+,57?/m1/s1. The third-order valence-corrected chi connectivity index (χ3v) is 12.4. The van der Waals surface area contributed by atoms with Gasteiger partial charge in [-0.1, -0.05) is 182 Å². The topological polar surface area (TPSA) is 111 Å². The quantitative estimate of drug-likeness (QED) is 0.0611. The van der Waals surface area contributed by atoms with Crippen molar-refractivity contribution in [1.82, 2.24) is 0 Å². The van der Waals surface area contributed by atoms with Crippen molar-refractivity contribution in [3.63, 3.8) is 0 Å². The highest BCUT2D eigenvalue weighted by molar-refractivity contribution is 5.18. The van der Waals surface area contributed by atoms with Crippen LogP contribution in [0.5, 0.6) is 0 Å². The number of fused-ring (bicyclic) bond motifs is 1. The maximum atomic E-state index is 6.83. The molecule has 6 aromatic carbocycles. The minimum Gasteiger partial charge on any atom is -0.374 e. The molecule has 11 atom stereocenters. The summed E-state index contributed by atoms with van der Waals surface area (Å²) >= 11 is 0. The van der Waals surface area contributed by atoms with Crippen molar-refractivity contribution in [2.75, 3.05) is 20.3 Å². The Morgan fingerprint density at radius 1 is 0.391 bits per heavy atom. The molecular weight excluding hydrogens is 877 g/mol. The summed E-state index contributed by atoms with van der Waals surface area (Å²) in [6.45, 7) is 3.77. The zero-order chi connectivity index (χ0) is 47.1. The van der Waals surface area contributed by atoms with Crippen molar-refractivity contribution in [1.29, 1.82) is 0 Å². The molecule has 3 heterocycles. The van der Waals surface area contributed by atoms with Gasteiger partial charge in [-0.05, 0) is 33.4 Å². The Labute approximate surface area is 405 Å². The first-order valence-corrected chi connectivity index (χ1v) is 23.7. The van der Waals surface area contributed by atoms with E-state index in [4.69, 9.17) is 56.8 Å². The summed E-state index contributed by atoms with van der Waals surface area (Å²) in [5.41, 5.74) is 6.02. The van der Waals surface area contributed by atoms with Gasteiger partial charge in [0.15, 0.2) is 12.6 Å². The molecule has 12 nitrogen and oxygen atoms in total. The first-order valence-electron chi connectivity index (χ1n) is 23.7. The number of ether oxygens (including phenoxy) is 12. The summed E-state index contributed by atoms with van der Waals surface area (Å²) in [7, 11) is 1.60. The highest BCUT2D eigenvalue weighted by Crippen LogP contribution is 2.41. The van der Waals surface area contributed by atoms with Crippen LogP contribution in [0.15, 0.2) is 182 Å². The largest absolute Gasteiger partial charge is 0.374 e. The molecule has 3 fully saturated rings. The average Bonchev–Trinajstić information content (AvgIpc) is 3.75. The van der Waals surface area contributed by atoms with Gasteiger partial charge in [-0.15, -0.1) is 0 Å². The summed E-state index contributed by atoms with van der Waals surface area (Å²) < 4.78 is 80.0. The van der Waals surface area contributed by atoms with Crippen LogP contribution in [0.2, 0.25) is 0 Å². The summed E-state index contributed by atoms with van der Waals surface area (Å²) in [6.07, 6.45) is -7.17. The lowest BCUT2D eigenvalue weighted by Gasteiger charge is -2.46. The SMILES string of the molecule is CO[C@H]1O[C@H](COC2(C)O[C@@H]3O[C@H](COCc4ccccc4)[C@@H](OCc4ccccc4)[C@H](OCc4ccccc4)[C@@H]3O2)[C@@H](OCc2ccccc2)[C@H](OCc2ccccc2)[C@@H]1OCc1ccccc1. The Balaban J connectivity index is 0.973. The van der Waals surface area contributed by atoms with Gasteiger partial charge in [0.05, 0.1) is 52.9 Å². The van der Waals surface area contributed by atoms with Crippen molar-refractivity contribution >= 4 is 0 Å². The van der Waals surface area contributed by atoms with Crippen LogP contribution in [0.1, 0.15) is 40.3 Å². The zero-order valence-corrected chi connectivity index (χ0v) is 39.1. The van der Waals surface area contributed by atoms with Crippen LogP contribution in [0.4, 0.5) is 0 Å². The minimum atomic E-state index is -1.62. The van der Waals surface area contributed by atoms with Gasteiger partial charge in [0.2, 0.25) is 0 Å². The molecule has 0 radical (unpaired) electrons. The fourth-order valence-corrected chi connectivity index (χ4v) is 8.88. The van der Waals surface area contributed by atoms with E-state index in [-0.39, 0.29) is 19.8 Å². The van der Waals surface area contributed by atoms with Crippen LogP contribution in [0, 0.1) is 0 Å². The molecule has 0 amide bonds. The van der Waals surface area contributed by atoms with Gasteiger partial charge in [-0.25, -0.2) is 0 Å². The molecule has 0 N–H and O–H groups in total. The average molecular weight is 939 g/mol. The molecule has 0 spiro atoms. The number of methoxy groups -OCH3 is 1. The lowest BCUT2D eigenvalue weighted by Crippen LogP contribution is -2.62. The van der Waals surface area contributed by atoms with Crippen LogP contribution in [0.25, 0.3) is 0 Å². The van der Waals surface area contributed by atoms with Crippen LogP contribution >= 0.6 is 0 Å². The molecule has 1 unspecified atom stereocenters. The van der Waals surface area contributed by atoms with Crippen molar-refractivity contribution in [2.45, 2.75) is 114 Å². The second kappa shape index (κ2) is 24.6. The Bertz CT molecular complexity index is 2370. The molecule has 12 heteroatoms. The molecular formula is C57H62O12. The molecule has 0 saturated carbocycles. The maximum absolute atomic E-state index is 6.83. The molecule has 0 bridgehead atoms. The summed E-state index contributed by atoms with van der Waals surface area (Å²) in [5.74, 6) is -1.62. The third kappa shape index (κ3) is 13.4. The van der Waals surface area contributed by atoms with E-state index < -0.39 is 67.4 Å². The van der Waals surface area contributed by atoms with Gasteiger partial charge in [-0.3, -0.25) is 4.74 Å². The molecule has 0 aromatic heterocycles. The van der Waals surface area contributed by atoms with Crippen molar-refractivity contribution in [3.8, 4) is 0 Å². The van der Waals surface area contributed by atoms with Crippen LogP contribution in [-0.4, -0.2) is 87.7 Å².